The van der Waals surface area contributed by atoms with Gasteiger partial charge in [-0.3, -0.25) is 4.79 Å². The highest BCUT2D eigenvalue weighted by Crippen LogP contribution is 2.23. The van der Waals surface area contributed by atoms with E-state index in [0.29, 0.717) is 21.8 Å². The first-order chi connectivity index (χ1) is 13.6. The molecule has 0 saturated carbocycles. The average Bonchev–Trinajstić information content (AvgIpc) is 3.12. The van der Waals surface area contributed by atoms with Gasteiger partial charge in [-0.25, -0.2) is 5.43 Å². The monoisotopic (exact) mass is 413 g/mol. The Hall–Kier alpha value is -2.91. The summed E-state index contributed by atoms with van der Waals surface area (Å²) in [5.41, 5.74) is 11.1. The SMILES string of the molecule is Cc1ccc(COc2ccccc2C=NNC(=O)CSc2nnc(N)s2)cc1. The van der Waals surface area contributed by atoms with E-state index in [0.717, 1.165) is 11.1 Å². The average molecular weight is 414 g/mol. The van der Waals surface area contributed by atoms with Crippen molar-refractivity contribution < 1.29 is 9.53 Å². The van der Waals surface area contributed by atoms with Gasteiger partial charge in [0.1, 0.15) is 12.4 Å². The molecule has 144 valence electrons. The number of anilines is 1. The van der Waals surface area contributed by atoms with Crippen molar-refractivity contribution in [1.29, 1.82) is 0 Å². The van der Waals surface area contributed by atoms with Crippen molar-refractivity contribution in [2.24, 2.45) is 5.10 Å². The molecule has 3 N–H and O–H groups in total. The van der Waals surface area contributed by atoms with E-state index in [1.54, 1.807) is 6.21 Å². The number of hydrogen-bond acceptors (Lipinski definition) is 8. The third kappa shape index (κ3) is 6.07. The Morgan fingerprint density at radius 1 is 1.25 bits per heavy atom. The predicted octanol–water partition coefficient (Wildman–Crippen LogP) is 3.25. The maximum atomic E-state index is 11.9. The predicted molar refractivity (Wildman–Crippen MR) is 113 cm³/mol. The molecule has 0 fully saturated rings. The van der Waals surface area contributed by atoms with E-state index in [2.05, 4.69) is 32.9 Å². The highest BCUT2D eigenvalue weighted by molar-refractivity contribution is 8.01. The second-order valence-electron chi connectivity index (χ2n) is 5.80. The number of ether oxygens (including phenoxy) is 1. The van der Waals surface area contributed by atoms with Gasteiger partial charge >= 0.3 is 0 Å². The zero-order valence-electron chi connectivity index (χ0n) is 15.2. The Labute approximate surface area is 171 Å². The van der Waals surface area contributed by atoms with Crippen molar-refractivity contribution in [1.82, 2.24) is 15.6 Å². The highest BCUT2D eigenvalue weighted by atomic mass is 32.2. The first-order valence-corrected chi connectivity index (χ1v) is 10.2. The molecular weight excluding hydrogens is 394 g/mol. The van der Waals surface area contributed by atoms with Crippen molar-refractivity contribution in [3.8, 4) is 5.75 Å². The molecular formula is C19H19N5O2S2. The van der Waals surface area contributed by atoms with Crippen molar-refractivity contribution in [2.45, 2.75) is 17.9 Å². The molecule has 28 heavy (non-hydrogen) atoms. The van der Waals surface area contributed by atoms with E-state index < -0.39 is 0 Å². The van der Waals surface area contributed by atoms with Crippen LogP contribution in [0.2, 0.25) is 0 Å². The van der Waals surface area contributed by atoms with Crippen LogP contribution < -0.4 is 15.9 Å². The molecule has 9 heteroatoms. The number of hydrazone groups is 1. The van der Waals surface area contributed by atoms with Crippen molar-refractivity contribution in [3.63, 3.8) is 0 Å². The number of rotatable bonds is 8. The van der Waals surface area contributed by atoms with Gasteiger partial charge in [0.25, 0.3) is 5.91 Å². The maximum absolute atomic E-state index is 11.9. The third-order valence-corrected chi connectivity index (χ3v) is 5.46. The zero-order chi connectivity index (χ0) is 19.8. The number of amides is 1. The Morgan fingerprint density at radius 3 is 2.79 bits per heavy atom. The molecule has 0 aliphatic rings. The molecule has 0 atom stereocenters. The summed E-state index contributed by atoms with van der Waals surface area (Å²) in [7, 11) is 0. The minimum absolute atomic E-state index is 0.178. The van der Waals surface area contributed by atoms with E-state index in [9.17, 15) is 4.79 Å². The van der Waals surface area contributed by atoms with Gasteiger partial charge in [-0.2, -0.15) is 5.10 Å². The number of carbonyl (C=O) groups excluding carboxylic acids is 1. The fourth-order valence-corrected chi connectivity index (χ4v) is 3.60. The fraction of sp³-hybridized carbons (Fsp3) is 0.158. The van der Waals surface area contributed by atoms with Gasteiger partial charge < -0.3 is 10.5 Å². The minimum Gasteiger partial charge on any atom is -0.488 e. The van der Waals surface area contributed by atoms with E-state index >= 15 is 0 Å². The first kappa shape index (κ1) is 19.8. The number of nitrogens with two attached hydrogens (primary N) is 1. The lowest BCUT2D eigenvalue weighted by atomic mass is 10.1. The summed E-state index contributed by atoms with van der Waals surface area (Å²) >= 11 is 2.50. The lowest BCUT2D eigenvalue weighted by molar-refractivity contribution is -0.118. The smallest absolute Gasteiger partial charge is 0.250 e. The summed E-state index contributed by atoms with van der Waals surface area (Å²) in [6.45, 7) is 2.51. The van der Waals surface area contributed by atoms with Crippen molar-refractivity contribution in [3.05, 3.63) is 65.2 Å². The van der Waals surface area contributed by atoms with Crippen LogP contribution in [0.4, 0.5) is 5.13 Å². The largest absolute Gasteiger partial charge is 0.488 e. The molecule has 1 heterocycles. The molecule has 0 saturated heterocycles. The van der Waals surface area contributed by atoms with Crippen LogP contribution in [0.15, 0.2) is 58.0 Å². The second-order valence-corrected chi connectivity index (χ2v) is 8.03. The van der Waals surface area contributed by atoms with Gasteiger partial charge in [0.2, 0.25) is 5.13 Å². The van der Waals surface area contributed by atoms with Gasteiger partial charge in [0.15, 0.2) is 4.34 Å². The molecule has 0 unspecified atom stereocenters. The van der Waals surface area contributed by atoms with Crippen LogP contribution in [-0.4, -0.2) is 28.1 Å². The fourth-order valence-electron chi connectivity index (χ4n) is 2.18. The zero-order valence-corrected chi connectivity index (χ0v) is 16.8. The van der Waals surface area contributed by atoms with E-state index in [-0.39, 0.29) is 11.7 Å². The topological polar surface area (TPSA) is 102 Å². The lowest BCUT2D eigenvalue weighted by Crippen LogP contribution is -2.19. The summed E-state index contributed by atoms with van der Waals surface area (Å²) in [5, 5.41) is 11.9. The van der Waals surface area contributed by atoms with Crippen LogP contribution in [0.1, 0.15) is 16.7 Å². The number of nitrogen functional groups attached to an aromatic ring is 1. The number of aryl methyl sites for hydroxylation is 1. The normalized spacial score (nSPS) is 10.9. The van der Waals surface area contributed by atoms with Crippen LogP contribution in [0.5, 0.6) is 5.75 Å². The summed E-state index contributed by atoms with van der Waals surface area (Å²) in [6, 6.07) is 15.7. The first-order valence-electron chi connectivity index (χ1n) is 8.41. The molecule has 7 nitrogen and oxygen atoms in total. The van der Waals surface area contributed by atoms with Crippen LogP contribution in [0.25, 0.3) is 0 Å². The highest BCUT2D eigenvalue weighted by Gasteiger charge is 2.06. The van der Waals surface area contributed by atoms with Gasteiger partial charge in [0.05, 0.1) is 12.0 Å². The van der Waals surface area contributed by atoms with Crippen LogP contribution in [-0.2, 0) is 11.4 Å². The standard InChI is InChI=1S/C19H19N5O2S2/c1-13-6-8-14(9-7-13)11-26-16-5-3-2-4-15(16)10-21-22-17(25)12-27-19-24-23-18(20)28-19/h2-10H,11-12H2,1H3,(H2,20,23)(H,22,25). The Morgan fingerprint density at radius 2 is 2.04 bits per heavy atom. The molecule has 0 aliphatic heterocycles. The Balaban J connectivity index is 1.51. The quantitative estimate of drug-likeness (QED) is 0.334. The van der Waals surface area contributed by atoms with Gasteiger partial charge in [-0.1, -0.05) is 65.1 Å². The second kappa shape index (κ2) is 9.86. The lowest BCUT2D eigenvalue weighted by Gasteiger charge is -2.09. The molecule has 0 bridgehead atoms. The number of thioether (sulfide) groups is 1. The molecule has 0 aliphatic carbocycles. The van der Waals surface area contributed by atoms with E-state index in [1.807, 2.05) is 43.3 Å². The number of nitrogens with zero attached hydrogens (tertiary/aromatic N) is 3. The maximum Gasteiger partial charge on any atom is 0.250 e. The van der Waals surface area contributed by atoms with E-state index in [1.165, 1.54) is 28.7 Å². The van der Waals surface area contributed by atoms with Gasteiger partial charge in [-0.15, -0.1) is 10.2 Å². The summed E-state index contributed by atoms with van der Waals surface area (Å²) < 4.78 is 6.54. The van der Waals surface area contributed by atoms with Crippen molar-refractivity contribution in [2.75, 3.05) is 11.5 Å². The molecule has 3 rings (SSSR count). The Bertz CT molecular complexity index is 957. The van der Waals surface area contributed by atoms with E-state index in [4.69, 9.17) is 10.5 Å². The Kier molecular flexibility index (Phi) is 6.99. The summed E-state index contributed by atoms with van der Waals surface area (Å²) in [6.07, 6.45) is 1.57. The number of carbonyl (C=O) groups is 1. The van der Waals surface area contributed by atoms with Crippen molar-refractivity contribution >= 4 is 40.4 Å². The molecule has 0 radical (unpaired) electrons. The molecule has 0 spiro atoms. The molecule has 3 aromatic rings. The van der Waals surface area contributed by atoms with Gasteiger partial charge in [0, 0.05) is 5.56 Å². The van der Waals surface area contributed by atoms with Crippen LogP contribution in [0.3, 0.4) is 0 Å². The summed E-state index contributed by atoms with van der Waals surface area (Å²) in [4.78, 5) is 11.9. The number of para-hydroxylation sites is 1. The molecule has 2 aromatic carbocycles. The number of aromatic nitrogens is 2. The van der Waals surface area contributed by atoms with Gasteiger partial charge in [-0.05, 0) is 24.6 Å². The molecule has 1 amide bonds. The van der Waals surface area contributed by atoms with Crippen LogP contribution in [0, 0.1) is 6.92 Å². The minimum atomic E-state index is -0.243. The number of hydrogen-bond donors (Lipinski definition) is 2. The number of nitrogens with one attached hydrogen (secondary N) is 1. The van der Waals surface area contributed by atoms with Crippen LogP contribution >= 0.6 is 23.1 Å². The summed E-state index contributed by atoms with van der Waals surface area (Å²) in [5.74, 6) is 0.630. The molecule has 1 aromatic heterocycles. The number of benzene rings is 2. The third-order valence-electron chi connectivity index (χ3n) is 3.58.